The molecule has 0 saturated heterocycles. The lowest BCUT2D eigenvalue weighted by atomic mass is 10.1. The molecule has 1 rings (SSSR count). The topological polar surface area (TPSA) is 66.8 Å². The van der Waals surface area contributed by atoms with Gasteiger partial charge in [0.15, 0.2) is 0 Å². The third-order valence-corrected chi connectivity index (χ3v) is 2.15. The molecule has 0 radical (unpaired) electrons. The van der Waals surface area contributed by atoms with Crippen molar-refractivity contribution in [3.63, 3.8) is 0 Å². The summed E-state index contributed by atoms with van der Waals surface area (Å²) in [7, 11) is -4.42. The van der Waals surface area contributed by atoms with Gasteiger partial charge >= 0.3 is 7.82 Å². The number of benzene rings is 1. The van der Waals surface area contributed by atoms with Crippen molar-refractivity contribution in [3.8, 4) is 5.75 Å². The summed E-state index contributed by atoms with van der Waals surface area (Å²) >= 11 is 0. The number of phosphoric ester groups is 1. The lowest BCUT2D eigenvalue weighted by Gasteiger charge is -2.08. The molecule has 0 aliphatic carbocycles. The van der Waals surface area contributed by atoms with Crippen LogP contribution in [-0.4, -0.2) is 9.79 Å². The second-order valence-corrected chi connectivity index (χ2v) is 3.99. The molecule has 0 spiro atoms. The van der Waals surface area contributed by atoms with Crippen molar-refractivity contribution in [1.82, 2.24) is 0 Å². The molecular formula is C8H11O4P. The zero-order valence-electron chi connectivity index (χ0n) is 7.39. The Hall–Kier alpha value is -0.830. The average molecular weight is 202 g/mol. The van der Waals surface area contributed by atoms with Crippen molar-refractivity contribution in [1.29, 1.82) is 0 Å². The normalized spacial score (nSPS) is 11.4. The third-order valence-electron chi connectivity index (χ3n) is 1.70. The summed E-state index contributed by atoms with van der Waals surface area (Å²) in [5.74, 6) is 0.191. The Morgan fingerprint density at radius 3 is 2.31 bits per heavy atom. The fourth-order valence-electron chi connectivity index (χ4n) is 0.908. The highest BCUT2D eigenvalue weighted by Crippen LogP contribution is 2.37. The highest BCUT2D eigenvalue weighted by atomic mass is 31.2. The van der Waals surface area contributed by atoms with E-state index in [1.54, 1.807) is 12.1 Å². The van der Waals surface area contributed by atoms with Crippen molar-refractivity contribution in [2.45, 2.75) is 13.8 Å². The van der Waals surface area contributed by atoms with Crippen LogP contribution in [-0.2, 0) is 4.57 Å². The van der Waals surface area contributed by atoms with E-state index in [1.165, 1.54) is 6.07 Å². The van der Waals surface area contributed by atoms with E-state index in [2.05, 4.69) is 4.52 Å². The molecule has 0 aliphatic rings. The standard InChI is InChI=1S/C8H11O4P/c1-6-3-4-8(5-7(6)2)12-13(9,10)11/h3-5H,1-2H3,(H2,9,10,11). The molecule has 0 aliphatic heterocycles. The molecule has 0 unspecified atom stereocenters. The van der Waals surface area contributed by atoms with Gasteiger partial charge in [0.2, 0.25) is 0 Å². The van der Waals surface area contributed by atoms with Gasteiger partial charge in [0.05, 0.1) is 0 Å². The molecule has 0 amide bonds. The van der Waals surface area contributed by atoms with Crippen LogP contribution in [0.15, 0.2) is 18.2 Å². The number of hydrogen-bond donors (Lipinski definition) is 2. The van der Waals surface area contributed by atoms with Crippen molar-refractivity contribution in [3.05, 3.63) is 29.3 Å². The first kappa shape index (κ1) is 10.3. The molecule has 0 bridgehead atoms. The lowest BCUT2D eigenvalue weighted by molar-refractivity contribution is 0.283. The van der Waals surface area contributed by atoms with Crippen LogP contribution in [0.2, 0.25) is 0 Å². The van der Waals surface area contributed by atoms with E-state index in [0.717, 1.165) is 11.1 Å². The van der Waals surface area contributed by atoms with Crippen LogP contribution in [0.3, 0.4) is 0 Å². The van der Waals surface area contributed by atoms with E-state index in [4.69, 9.17) is 9.79 Å². The van der Waals surface area contributed by atoms with E-state index in [1.807, 2.05) is 13.8 Å². The fourth-order valence-corrected chi connectivity index (χ4v) is 1.30. The van der Waals surface area contributed by atoms with Crippen molar-refractivity contribution >= 4 is 7.82 Å². The summed E-state index contributed by atoms with van der Waals surface area (Å²) in [5, 5.41) is 0. The van der Waals surface area contributed by atoms with Gasteiger partial charge in [0.1, 0.15) is 5.75 Å². The van der Waals surface area contributed by atoms with Gasteiger partial charge in [0, 0.05) is 0 Å². The number of aryl methyl sites for hydroxylation is 2. The second kappa shape index (κ2) is 3.50. The summed E-state index contributed by atoms with van der Waals surface area (Å²) in [6.07, 6.45) is 0. The van der Waals surface area contributed by atoms with Crippen LogP contribution in [0.1, 0.15) is 11.1 Å². The molecule has 0 aromatic heterocycles. The number of hydrogen-bond acceptors (Lipinski definition) is 2. The summed E-state index contributed by atoms with van der Waals surface area (Å²) in [4.78, 5) is 17.0. The van der Waals surface area contributed by atoms with E-state index in [-0.39, 0.29) is 5.75 Å². The molecular weight excluding hydrogens is 191 g/mol. The smallest absolute Gasteiger partial charge is 0.404 e. The highest BCUT2D eigenvalue weighted by Gasteiger charge is 2.15. The highest BCUT2D eigenvalue weighted by molar-refractivity contribution is 7.46. The van der Waals surface area contributed by atoms with Gasteiger partial charge < -0.3 is 4.52 Å². The Morgan fingerprint density at radius 2 is 1.85 bits per heavy atom. The maximum absolute atomic E-state index is 10.5. The molecule has 0 heterocycles. The van der Waals surface area contributed by atoms with Crippen LogP contribution in [0.25, 0.3) is 0 Å². The van der Waals surface area contributed by atoms with Gasteiger partial charge in [-0.05, 0) is 37.1 Å². The molecule has 0 fully saturated rings. The molecule has 4 nitrogen and oxygen atoms in total. The molecule has 1 aromatic carbocycles. The Morgan fingerprint density at radius 1 is 1.23 bits per heavy atom. The van der Waals surface area contributed by atoms with Crippen LogP contribution < -0.4 is 4.52 Å². The first-order valence-electron chi connectivity index (χ1n) is 3.71. The molecule has 2 N–H and O–H groups in total. The minimum atomic E-state index is -4.42. The summed E-state index contributed by atoms with van der Waals surface area (Å²) in [6.45, 7) is 3.76. The molecule has 13 heavy (non-hydrogen) atoms. The Labute approximate surface area is 76.4 Å². The predicted molar refractivity (Wildman–Crippen MR) is 48.6 cm³/mol. The summed E-state index contributed by atoms with van der Waals surface area (Å²) in [5.41, 5.74) is 1.99. The van der Waals surface area contributed by atoms with Gasteiger partial charge in [-0.25, -0.2) is 4.57 Å². The molecule has 0 atom stereocenters. The maximum Gasteiger partial charge on any atom is 0.524 e. The molecule has 72 valence electrons. The van der Waals surface area contributed by atoms with Crippen molar-refractivity contribution in [2.24, 2.45) is 0 Å². The van der Waals surface area contributed by atoms with Crippen LogP contribution in [0, 0.1) is 13.8 Å². The molecule has 5 heteroatoms. The first-order chi connectivity index (χ1) is 5.88. The van der Waals surface area contributed by atoms with Crippen LogP contribution in [0.4, 0.5) is 0 Å². The minimum absolute atomic E-state index is 0.191. The zero-order valence-corrected chi connectivity index (χ0v) is 8.28. The SMILES string of the molecule is Cc1ccc(OP(=O)(O)O)cc1C. The monoisotopic (exact) mass is 202 g/mol. The maximum atomic E-state index is 10.5. The van der Waals surface area contributed by atoms with Gasteiger partial charge in [-0.1, -0.05) is 6.07 Å². The second-order valence-electron chi connectivity index (χ2n) is 2.83. The number of rotatable bonds is 2. The number of phosphoric acid groups is 1. The molecule has 1 aromatic rings. The van der Waals surface area contributed by atoms with Crippen molar-refractivity contribution in [2.75, 3.05) is 0 Å². The third kappa shape index (κ3) is 3.19. The van der Waals surface area contributed by atoms with E-state index in [9.17, 15) is 4.57 Å². The van der Waals surface area contributed by atoms with Gasteiger partial charge in [-0.2, -0.15) is 0 Å². The zero-order chi connectivity index (χ0) is 10.1. The van der Waals surface area contributed by atoms with Gasteiger partial charge in [-0.3, -0.25) is 9.79 Å². The van der Waals surface area contributed by atoms with Crippen LogP contribution >= 0.6 is 7.82 Å². The molecule has 0 saturated carbocycles. The average Bonchev–Trinajstić information content (AvgIpc) is 1.94. The van der Waals surface area contributed by atoms with E-state index >= 15 is 0 Å². The van der Waals surface area contributed by atoms with E-state index in [0.29, 0.717) is 0 Å². The predicted octanol–water partition coefficient (Wildman–Crippen LogP) is 1.77. The fraction of sp³-hybridized carbons (Fsp3) is 0.250. The quantitative estimate of drug-likeness (QED) is 0.717. The largest absolute Gasteiger partial charge is 0.524 e. The van der Waals surface area contributed by atoms with Crippen LogP contribution in [0.5, 0.6) is 5.75 Å². The summed E-state index contributed by atoms with van der Waals surface area (Å²) in [6, 6.07) is 4.87. The Bertz CT molecular complexity index is 355. The minimum Gasteiger partial charge on any atom is -0.404 e. The Balaban J connectivity index is 2.92. The van der Waals surface area contributed by atoms with E-state index < -0.39 is 7.82 Å². The first-order valence-corrected chi connectivity index (χ1v) is 5.24. The van der Waals surface area contributed by atoms with Crippen molar-refractivity contribution < 1.29 is 18.9 Å². The summed E-state index contributed by atoms with van der Waals surface area (Å²) < 4.78 is 14.9. The van der Waals surface area contributed by atoms with Gasteiger partial charge in [-0.15, -0.1) is 0 Å². The van der Waals surface area contributed by atoms with Gasteiger partial charge in [0.25, 0.3) is 0 Å². The Kier molecular flexibility index (Phi) is 2.76. The lowest BCUT2D eigenvalue weighted by Crippen LogP contribution is -1.91.